The molecule has 0 aliphatic carbocycles. The van der Waals surface area contributed by atoms with Gasteiger partial charge in [0.1, 0.15) is 6.04 Å². The zero-order chi connectivity index (χ0) is 26.4. The van der Waals surface area contributed by atoms with Gasteiger partial charge >= 0.3 is 6.09 Å². The Morgan fingerprint density at radius 3 is 2.79 bits per heavy atom. The van der Waals surface area contributed by atoms with E-state index in [1.54, 1.807) is 15.6 Å². The average Bonchev–Trinajstić information content (AvgIpc) is 3.51. The number of nitrogens with zero attached hydrogens (tertiary/aromatic N) is 8. The Bertz CT molecular complexity index is 1520. The van der Waals surface area contributed by atoms with Crippen LogP contribution in [0.3, 0.4) is 0 Å². The van der Waals surface area contributed by atoms with Crippen LogP contribution in [0.25, 0.3) is 16.9 Å². The van der Waals surface area contributed by atoms with Crippen molar-refractivity contribution in [1.82, 2.24) is 34.7 Å². The maximum atomic E-state index is 13.3. The van der Waals surface area contributed by atoms with Crippen LogP contribution in [0, 0.1) is 6.92 Å². The zero-order valence-electron chi connectivity index (χ0n) is 21.0. The number of aromatic nitrogens is 6. The number of fused-ring (bicyclic) bond motifs is 1. The second kappa shape index (κ2) is 9.41. The number of rotatable bonds is 6. The van der Waals surface area contributed by atoms with Gasteiger partial charge in [-0.2, -0.15) is 9.90 Å². The van der Waals surface area contributed by atoms with Gasteiger partial charge in [-0.05, 0) is 42.3 Å². The van der Waals surface area contributed by atoms with E-state index in [0.29, 0.717) is 41.2 Å². The Morgan fingerprint density at radius 1 is 1.21 bits per heavy atom. The third-order valence-electron chi connectivity index (χ3n) is 7.23. The molecule has 0 bridgehead atoms. The summed E-state index contributed by atoms with van der Waals surface area (Å²) < 4.78 is 6.39. The summed E-state index contributed by atoms with van der Waals surface area (Å²) in [6.45, 7) is 3.79. The molecule has 13 heteroatoms. The van der Waals surface area contributed by atoms with E-state index in [4.69, 9.17) is 4.74 Å². The monoisotopic (exact) mass is 517 g/mol. The number of hydrogen-bond donors (Lipinski definition) is 2. The van der Waals surface area contributed by atoms with Crippen molar-refractivity contribution in [2.45, 2.75) is 25.4 Å². The second-order valence-corrected chi connectivity index (χ2v) is 9.54. The van der Waals surface area contributed by atoms with Crippen LogP contribution in [0.15, 0.2) is 42.7 Å². The summed E-state index contributed by atoms with van der Waals surface area (Å²) in [6.07, 6.45) is 3.94. The van der Waals surface area contributed by atoms with E-state index in [1.807, 2.05) is 43.5 Å². The number of anilines is 2. The number of carbonyl (C=O) groups is 2. The first kappa shape index (κ1) is 23.9. The first-order chi connectivity index (χ1) is 18.4. The number of pyridine rings is 1. The molecule has 4 aromatic rings. The van der Waals surface area contributed by atoms with Crippen molar-refractivity contribution >= 4 is 28.9 Å². The van der Waals surface area contributed by atoms with Crippen LogP contribution < -0.4 is 10.2 Å². The molecule has 1 aromatic carbocycles. The molecule has 2 N–H and O–H groups in total. The number of amides is 2. The van der Waals surface area contributed by atoms with E-state index in [9.17, 15) is 14.7 Å². The number of ether oxygens (including phenoxy) is 1. The minimum atomic E-state index is -0.377. The number of aliphatic hydroxyl groups is 1. The lowest BCUT2D eigenvalue weighted by Crippen LogP contribution is -2.51. The molecule has 2 aliphatic heterocycles. The van der Waals surface area contributed by atoms with Gasteiger partial charge in [0.15, 0.2) is 0 Å². The average molecular weight is 518 g/mol. The summed E-state index contributed by atoms with van der Waals surface area (Å²) >= 11 is 0. The molecule has 196 valence electrons. The normalized spacial score (nSPS) is 17.3. The summed E-state index contributed by atoms with van der Waals surface area (Å²) in [5.41, 5.74) is 4.29. The molecule has 0 saturated carbocycles. The topological polar surface area (TPSA) is 143 Å². The van der Waals surface area contributed by atoms with Crippen LogP contribution >= 0.6 is 0 Å². The van der Waals surface area contributed by atoms with Gasteiger partial charge < -0.3 is 25.0 Å². The SMILES string of the molecule is COC(=O)N1CC(n2nnc(-c3ccc(C)c(NC(=O)c4cnn5ccc(N6CC[C@H]6CO)cc45)c3)n2)C1. The predicted octanol–water partition coefficient (Wildman–Crippen LogP) is 1.74. The number of likely N-dealkylation sites (tertiary alicyclic amines) is 1. The van der Waals surface area contributed by atoms with Crippen molar-refractivity contribution < 1.29 is 19.4 Å². The summed E-state index contributed by atoms with van der Waals surface area (Å²) in [5.74, 6) is 0.138. The standard InChI is InChI=1S/C25H27N9O4/c1-15-3-4-16(23-28-30-34(29-23)19-12-31(13-19)25(37)38-2)9-21(15)27-24(36)20-11-26-33-8-6-17(10-22(20)33)32-7-5-18(32)14-35/h3-4,6,8-11,18-19,35H,5,7,12-14H2,1-2H3,(H,27,36)/t18-/m0/s1. The molecule has 2 fully saturated rings. The number of tetrazole rings is 1. The number of nitrogens with one attached hydrogen (secondary N) is 1. The first-order valence-corrected chi connectivity index (χ1v) is 12.3. The molecule has 13 nitrogen and oxygen atoms in total. The highest BCUT2D eigenvalue weighted by Gasteiger charge is 2.34. The van der Waals surface area contributed by atoms with E-state index in [2.05, 4.69) is 30.7 Å². The first-order valence-electron chi connectivity index (χ1n) is 12.3. The van der Waals surface area contributed by atoms with E-state index >= 15 is 0 Å². The van der Waals surface area contributed by atoms with Crippen LogP contribution in [-0.2, 0) is 4.74 Å². The lowest BCUT2D eigenvalue weighted by molar-refractivity contribution is 0.0621. The van der Waals surface area contributed by atoms with Crippen molar-refractivity contribution in [3.8, 4) is 11.4 Å². The van der Waals surface area contributed by atoms with Gasteiger partial charge in [-0.1, -0.05) is 12.1 Å². The van der Waals surface area contributed by atoms with Gasteiger partial charge in [0.25, 0.3) is 5.91 Å². The summed E-state index contributed by atoms with van der Waals surface area (Å²) in [4.78, 5) is 30.1. The summed E-state index contributed by atoms with van der Waals surface area (Å²) in [5, 5.41) is 29.7. The minimum absolute atomic E-state index is 0.0654. The molecule has 6 rings (SSSR count). The van der Waals surface area contributed by atoms with Gasteiger partial charge in [-0.25, -0.2) is 9.31 Å². The highest BCUT2D eigenvalue weighted by Crippen LogP contribution is 2.29. The lowest BCUT2D eigenvalue weighted by Gasteiger charge is -2.41. The quantitative estimate of drug-likeness (QED) is 0.391. The molecule has 0 unspecified atom stereocenters. The van der Waals surface area contributed by atoms with Crippen molar-refractivity contribution in [3.63, 3.8) is 0 Å². The molecule has 3 aromatic heterocycles. The number of benzene rings is 1. The second-order valence-electron chi connectivity index (χ2n) is 9.54. The number of aliphatic hydroxyl groups excluding tert-OH is 1. The van der Waals surface area contributed by atoms with Crippen molar-refractivity contribution in [3.05, 3.63) is 53.9 Å². The largest absolute Gasteiger partial charge is 0.453 e. The predicted molar refractivity (Wildman–Crippen MR) is 137 cm³/mol. The third kappa shape index (κ3) is 4.10. The lowest BCUT2D eigenvalue weighted by atomic mass is 10.0. The molecule has 0 radical (unpaired) electrons. The molecule has 2 saturated heterocycles. The fourth-order valence-corrected chi connectivity index (χ4v) is 4.75. The maximum absolute atomic E-state index is 13.3. The van der Waals surface area contributed by atoms with Gasteiger partial charge in [0.05, 0.1) is 50.1 Å². The smallest absolute Gasteiger partial charge is 0.409 e. The Hall–Kier alpha value is -4.52. The van der Waals surface area contributed by atoms with Gasteiger partial charge in [0, 0.05) is 29.7 Å². The highest BCUT2D eigenvalue weighted by molar-refractivity contribution is 6.09. The maximum Gasteiger partial charge on any atom is 0.409 e. The summed E-state index contributed by atoms with van der Waals surface area (Å²) in [7, 11) is 1.35. The molecule has 2 amide bonds. The van der Waals surface area contributed by atoms with Crippen molar-refractivity contribution in [2.75, 3.05) is 43.6 Å². The number of carbonyl (C=O) groups excluding carboxylic acids is 2. The Morgan fingerprint density at radius 2 is 2.05 bits per heavy atom. The fourth-order valence-electron chi connectivity index (χ4n) is 4.75. The van der Waals surface area contributed by atoms with Gasteiger partial charge in [0.2, 0.25) is 5.82 Å². The Labute approximate surface area is 217 Å². The van der Waals surface area contributed by atoms with E-state index in [1.165, 1.54) is 11.9 Å². The molecular formula is C25H27N9O4. The highest BCUT2D eigenvalue weighted by atomic mass is 16.5. The number of methoxy groups -OCH3 is 1. The van der Waals surface area contributed by atoms with E-state index < -0.39 is 0 Å². The van der Waals surface area contributed by atoms with E-state index in [-0.39, 0.29) is 30.7 Å². The van der Waals surface area contributed by atoms with Gasteiger partial charge in [-0.3, -0.25) is 4.79 Å². The van der Waals surface area contributed by atoms with Crippen molar-refractivity contribution in [1.29, 1.82) is 0 Å². The zero-order valence-corrected chi connectivity index (χ0v) is 21.0. The molecular weight excluding hydrogens is 490 g/mol. The van der Waals surface area contributed by atoms with Gasteiger partial charge in [-0.15, -0.1) is 10.2 Å². The van der Waals surface area contributed by atoms with E-state index in [0.717, 1.165) is 24.2 Å². The molecule has 0 spiro atoms. The minimum Gasteiger partial charge on any atom is -0.453 e. The molecule has 38 heavy (non-hydrogen) atoms. The van der Waals surface area contributed by atoms with Crippen LogP contribution in [0.5, 0.6) is 0 Å². The molecule has 5 heterocycles. The third-order valence-corrected chi connectivity index (χ3v) is 7.23. The van der Waals surface area contributed by atoms with Crippen LogP contribution in [0.4, 0.5) is 16.2 Å². The van der Waals surface area contributed by atoms with Crippen LogP contribution in [0.2, 0.25) is 0 Å². The molecule has 2 aliphatic rings. The molecule has 1 atom stereocenters. The number of hydrogen-bond acceptors (Lipinski definition) is 9. The Kier molecular flexibility index (Phi) is 5.91. The van der Waals surface area contributed by atoms with Crippen LogP contribution in [0.1, 0.15) is 28.4 Å². The van der Waals surface area contributed by atoms with Crippen LogP contribution in [-0.4, -0.2) is 91.2 Å². The number of aryl methyl sites for hydroxylation is 1. The summed E-state index contributed by atoms with van der Waals surface area (Å²) in [6, 6.07) is 9.49. The Balaban J connectivity index is 1.20. The fraction of sp³-hybridized carbons (Fsp3) is 0.360. The van der Waals surface area contributed by atoms with Crippen molar-refractivity contribution in [2.24, 2.45) is 0 Å².